The quantitative estimate of drug-likeness (QED) is 0.380. The van der Waals surface area contributed by atoms with Gasteiger partial charge in [0.1, 0.15) is 0 Å². The molecule has 0 aliphatic carbocycles. The van der Waals surface area contributed by atoms with E-state index in [1.54, 1.807) is 25.3 Å². The highest BCUT2D eigenvalue weighted by molar-refractivity contribution is 7.89. The third kappa shape index (κ3) is 6.40. The third-order valence-electron chi connectivity index (χ3n) is 2.76. The first-order valence-corrected chi connectivity index (χ1v) is 9.19. The number of hydrogen-bond donors (Lipinski definition) is 3. The summed E-state index contributed by atoms with van der Waals surface area (Å²) in [5.41, 5.74) is 1.02. The third-order valence-corrected chi connectivity index (χ3v) is 5.24. The van der Waals surface area contributed by atoms with Gasteiger partial charge in [0.2, 0.25) is 10.0 Å². The summed E-state index contributed by atoms with van der Waals surface area (Å²) < 4.78 is 25.0. The monoisotopic (exact) mass is 333 g/mol. The average molecular weight is 333 g/mol. The maximum absolute atomic E-state index is 11.3. The second-order valence-electron chi connectivity index (χ2n) is 4.39. The highest BCUT2D eigenvalue weighted by Crippen LogP contribution is 2.16. The summed E-state index contributed by atoms with van der Waals surface area (Å²) in [5, 5.41) is 7.29. The standard InChI is InChI=1S/C12H23N5O2S2/c1-5-21(18,19)16-7-6-14-12(13-4)15-8-11-9(2)17-10(3)20-11/h16H,5-8H2,1-4H3,(H2,13,14,15). The number of guanidine groups is 1. The molecule has 0 aliphatic heterocycles. The molecule has 9 heteroatoms. The average Bonchev–Trinajstić information content (AvgIpc) is 2.76. The number of hydrogen-bond acceptors (Lipinski definition) is 5. The van der Waals surface area contributed by atoms with E-state index < -0.39 is 10.0 Å². The van der Waals surface area contributed by atoms with Crippen LogP contribution in [-0.2, 0) is 16.6 Å². The van der Waals surface area contributed by atoms with Crippen LogP contribution in [0.1, 0.15) is 22.5 Å². The number of nitrogens with one attached hydrogen (secondary N) is 3. The fourth-order valence-electron chi connectivity index (χ4n) is 1.61. The number of thiazole rings is 1. The first-order chi connectivity index (χ1) is 9.88. The molecule has 0 radical (unpaired) electrons. The van der Waals surface area contributed by atoms with E-state index in [-0.39, 0.29) is 5.75 Å². The molecular formula is C12H23N5O2S2. The van der Waals surface area contributed by atoms with Crippen molar-refractivity contribution in [3.05, 3.63) is 15.6 Å². The van der Waals surface area contributed by atoms with Gasteiger partial charge in [0.15, 0.2) is 5.96 Å². The summed E-state index contributed by atoms with van der Waals surface area (Å²) in [5.74, 6) is 0.723. The van der Waals surface area contributed by atoms with Crippen LogP contribution in [0.3, 0.4) is 0 Å². The first kappa shape index (κ1) is 17.9. The van der Waals surface area contributed by atoms with Crippen LogP contribution in [0.2, 0.25) is 0 Å². The lowest BCUT2D eigenvalue weighted by atomic mass is 10.4. The van der Waals surface area contributed by atoms with Gasteiger partial charge in [-0.25, -0.2) is 18.1 Å². The van der Waals surface area contributed by atoms with Gasteiger partial charge in [-0.1, -0.05) is 0 Å². The van der Waals surface area contributed by atoms with Crippen molar-refractivity contribution in [2.45, 2.75) is 27.3 Å². The van der Waals surface area contributed by atoms with Crippen molar-refractivity contribution in [1.29, 1.82) is 0 Å². The summed E-state index contributed by atoms with van der Waals surface area (Å²) in [6, 6.07) is 0. The van der Waals surface area contributed by atoms with E-state index >= 15 is 0 Å². The van der Waals surface area contributed by atoms with Crippen molar-refractivity contribution in [1.82, 2.24) is 20.3 Å². The molecule has 1 rings (SSSR count). The molecule has 0 saturated heterocycles. The summed E-state index contributed by atoms with van der Waals surface area (Å²) >= 11 is 1.65. The molecule has 0 unspecified atom stereocenters. The first-order valence-electron chi connectivity index (χ1n) is 6.72. The minimum absolute atomic E-state index is 0.0873. The molecule has 1 aromatic heterocycles. The van der Waals surface area contributed by atoms with E-state index in [2.05, 4.69) is 25.3 Å². The summed E-state index contributed by atoms with van der Waals surface area (Å²) in [4.78, 5) is 9.63. The fourth-order valence-corrected chi connectivity index (χ4v) is 3.11. The number of aliphatic imine (C=N–C) groups is 1. The highest BCUT2D eigenvalue weighted by atomic mass is 32.2. The topological polar surface area (TPSA) is 95.5 Å². The molecular weight excluding hydrogens is 310 g/mol. The molecule has 21 heavy (non-hydrogen) atoms. The van der Waals surface area contributed by atoms with E-state index in [0.29, 0.717) is 25.6 Å². The molecule has 1 aromatic rings. The lowest BCUT2D eigenvalue weighted by Crippen LogP contribution is -2.41. The second-order valence-corrected chi connectivity index (χ2v) is 7.78. The molecule has 0 amide bonds. The van der Waals surface area contributed by atoms with Crippen molar-refractivity contribution >= 4 is 27.3 Å². The SMILES string of the molecule is CCS(=O)(=O)NCCNC(=NC)NCc1sc(C)nc1C. The zero-order valence-corrected chi connectivity index (χ0v) is 14.5. The molecule has 0 atom stereocenters. The molecule has 0 aromatic carbocycles. The van der Waals surface area contributed by atoms with Gasteiger partial charge in [0.05, 0.1) is 23.0 Å². The van der Waals surface area contributed by atoms with E-state index in [1.165, 1.54) is 4.88 Å². The van der Waals surface area contributed by atoms with Gasteiger partial charge in [0, 0.05) is 25.0 Å². The number of rotatable bonds is 7. The van der Waals surface area contributed by atoms with Crippen molar-refractivity contribution in [2.75, 3.05) is 25.9 Å². The van der Waals surface area contributed by atoms with Crippen LogP contribution < -0.4 is 15.4 Å². The largest absolute Gasteiger partial charge is 0.355 e. The van der Waals surface area contributed by atoms with Crippen LogP contribution in [0.5, 0.6) is 0 Å². The van der Waals surface area contributed by atoms with Gasteiger partial charge in [-0.3, -0.25) is 4.99 Å². The van der Waals surface area contributed by atoms with Gasteiger partial charge in [-0.15, -0.1) is 11.3 Å². The molecule has 0 saturated carbocycles. The summed E-state index contributed by atoms with van der Waals surface area (Å²) in [6.07, 6.45) is 0. The maximum Gasteiger partial charge on any atom is 0.211 e. The molecule has 0 aliphatic rings. The van der Waals surface area contributed by atoms with Crippen LogP contribution in [0.15, 0.2) is 4.99 Å². The van der Waals surface area contributed by atoms with Gasteiger partial charge in [-0.05, 0) is 20.8 Å². The number of aryl methyl sites for hydroxylation is 2. The van der Waals surface area contributed by atoms with Gasteiger partial charge in [-0.2, -0.15) is 0 Å². The minimum Gasteiger partial charge on any atom is -0.355 e. The van der Waals surface area contributed by atoms with E-state index in [9.17, 15) is 8.42 Å². The minimum atomic E-state index is -3.14. The van der Waals surface area contributed by atoms with Gasteiger partial charge < -0.3 is 10.6 Å². The lowest BCUT2D eigenvalue weighted by Gasteiger charge is -2.11. The van der Waals surface area contributed by atoms with Crippen LogP contribution in [0.4, 0.5) is 0 Å². The van der Waals surface area contributed by atoms with Crippen LogP contribution in [0, 0.1) is 13.8 Å². The Morgan fingerprint density at radius 1 is 1.29 bits per heavy atom. The zero-order valence-electron chi connectivity index (χ0n) is 12.9. The summed E-state index contributed by atoms with van der Waals surface area (Å²) in [6.45, 7) is 7.02. The highest BCUT2D eigenvalue weighted by Gasteiger charge is 2.07. The number of aromatic nitrogens is 1. The van der Waals surface area contributed by atoms with Crippen molar-refractivity contribution in [2.24, 2.45) is 4.99 Å². The fraction of sp³-hybridized carbons (Fsp3) is 0.667. The second kappa shape index (κ2) is 8.30. The maximum atomic E-state index is 11.3. The van der Waals surface area contributed by atoms with Gasteiger partial charge >= 0.3 is 0 Å². The predicted octanol–water partition coefficient (Wildman–Crippen LogP) is 0.364. The molecule has 1 heterocycles. The molecule has 120 valence electrons. The molecule has 0 fully saturated rings. The van der Waals surface area contributed by atoms with E-state index in [0.717, 1.165) is 10.7 Å². The zero-order chi connectivity index (χ0) is 15.9. The van der Waals surface area contributed by atoms with E-state index in [1.807, 2.05) is 13.8 Å². The van der Waals surface area contributed by atoms with Crippen LogP contribution in [0.25, 0.3) is 0 Å². The van der Waals surface area contributed by atoms with Crippen LogP contribution in [-0.4, -0.2) is 45.3 Å². The Bertz CT molecular complexity index is 580. The molecule has 0 spiro atoms. The Labute approximate surface area is 130 Å². The summed E-state index contributed by atoms with van der Waals surface area (Å²) in [7, 11) is -1.46. The van der Waals surface area contributed by atoms with E-state index in [4.69, 9.17) is 0 Å². The lowest BCUT2D eigenvalue weighted by molar-refractivity contribution is 0.582. The smallest absolute Gasteiger partial charge is 0.211 e. The Kier molecular flexibility index (Phi) is 7.06. The van der Waals surface area contributed by atoms with Crippen molar-refractivity contribution in [3.63, 3.8) is 0 Å². The Hall–Kier alpha value is -1.19. The molecule has 3 N–H and O–H groups in total. The van der Waals surface area contributed by atoms with Crippen LogP contribution >= 0.6 is 11.3 Å². The Balaban J connectivity index is 2.35. The van der Waals surface area contributed by atoms with Crippen molar-refractivity contribution in [3.8, 4) is 0 Å². The Morgan fingerprint density at radius 2 is 2.00 bits per heavy atom. The van der Waals surface area contributed by atoms with Crippen molar-refractivity contribution < 1.29 is 8.42 Å². The molecule has 0 bridgehead atoms. The molecule has 7 nitrogen and oxygen atoms in total. The van der Waals surface area contributed by atoms with Gasteiger partial charge in [0.25, 0.3) is 0 Å². The number of sulfonamides is 1. The normalized spacial score (nSPS) is 12.5. The Morgan fingerprint density at radius 3 is 2.52 bits per heavy atom. The predicted molar refractivity (Wildman–Crippen MR) is 87.3 cm³/mol. The number of nitrogens with zero attached hydrogens (tertiary/aromatic N) is 2.